The number of rotatable bonds is 5. The summed E-state index contributed by atoms with van der Waals surface area (Å²) in [5.41, 5.74) is 2.25. The van der Waals surface area contributed by atoms with Gasteiger partial charge in [0.25, 0.3) is 5.22 Å². The first kappa shape index (κ1) is 18.0. The van der Waals surface area contributed by atoms with Gasteiger partial charge in [-0.2, -0.15) is 5.26 Å². The van der Waals surface area contributed by atoms with Crippen LogP contribution in [0.1, 0.15) is 25.0 Å². The number of amides is 1. The zero-order chi connectivity index (χ0) is 17.9. The smallest absolute Gasteiger partial charge is 0.277 e. The van der Waals surface area contributed by atoms with E-state index in [-0.39, 0.29) is 11.7 Å². The van der Waals surface area contributed by atoms with Gasteiger partial charge in [0.2, 0.25) is 11.8 Å². The van der Waals surface area contributed by atoms with Crippen molar-refractivity contribution in [2.24, 2.45) is 0 Å². The Kier molecular flexibility index (Phi) is 5.30. The second-order valence-corrected chi connectivity index (χ2v) is 7.09. The van der Waals surface area contributed by atoms with Crippen molar-refractivity contribution in [1.29, 1.82) is 5.26 Å². The number of carbonyl (C=O) groups excluding carboxylic acids is 1. The van der Waals surface area contributed by atoms with Crippen LogP contribution in [0.25, 0.3) is 11.5 Å². The fourth-order valence-corrected chi connectivity index (χ4v) is 2.77. The van der Waals surface area contributed by atoms with Crippen LogP contribution in [0.3, 0.4) is 0 Å². The summed E-state index contributed by atoms with van der Waals surface area (Å²) >= 11 is 1.17. The normalized spacial score (nSPS) is 11.2. The molecule has 7 heteroatoms. The highest BCUT2D eigenvalue weighted by Crippen LogP contribution is 2.25. The Balaban J connectivity index is 2.05. The molecule has 0 bridgehead atoms. The first-order chi connectivity index (χ1) is 11.2. The van der Waals surface area contributed by atoms with Gasteiger partial charge in [-0.3, -0.25) is 4.79 Å². The third kappa shape index (κ3) is 4.15. The van der Waals surface area contributed by atoms with Gasteiger partial charge in [0, 0.05) is 12.6 Å². The Morgan fingerprint density at radius 3 is 2.50 bits per heavy atom. The third-order valence-corrected chi connectivity index (χ3v) is 4.48. The highest BCUT2D eigenvalue weighted by molar-refractivity contribution is 7.99. The van der Waals surface area contributed by atoms with E-state index in [9.17, 15) is 4.79 Å². The lowest BCUT2D eigenvalue weighted by molar-refractivity contribution is -0.130. The lowest BCUT2D eigenvalue weighted by Crippen LogP contribution is -2.44. The summed E-state index contributed by atoms with van der Waals surface area (Å²) in [7, 11) is 1.61. The molecule has 0 radical (unpaired) electrons. The molecule has 0 saturated heterocycles. The summed E-state index contributed by atoms with van der Waals surface area (Å²) in [6.07, 6.45) is 0. The van der Waals surface area contributed by atoms with Crippen LogP contribution in [0.2, 0.25) is 0 Å². The van der Waals surface area contributed by atoms with Crippen LogP contribution in [-0.2, 0) is 4.79 Å². The van der Waals surface area contributed by atoms with E-state index in [4.69, 9.17) is 9.68 Å². The minimum atomic E-state index is -0.850. The van der Waals surface area contributed by atoms with E-state index in [1.165, 1.54) is 16.7 Å². The number of hydrogen-bond donors (Lipinski definition) is 0. The summed E-state index contributed by atoms with van der Waals surface area (Å²) in [5.74, 6) is 0.399. The Morgan fingerprint density at radius 2 is 1.92 bits per heavy atom. The van der Waals surface area contributed by atoms with Crippen molar-refractivity contribution < 1.29 is 9.21 Å². The van der Waals surface area contributed by atoms with Gasteiger partial charge < -0.3 is 9.32 Å². The molecular weight excluding hydrogens is 324 g/mol. The molecule has 0 saturated carbocycles. The van der Waals surface area contributed by atoms with E-state index in [1.54, 1.807) is 20.9 Å². The number of carbonyl (C=O) groups is 1. The molecule has 1 aromatic heterocycles. The summed E-state index contributed by atoms with van der Waals surface area (Å²) < 4.78 is 5.63. The number of nitrogens with zero attached hydrogens (tertiary/aromatic N) is 4. The summed E-state index contributed by atoms with van der Waals surface area (Å²) in [5, 5.41) is 17.4. The fourth-order valence-electron chi connectivity index (χ4n) is 2.09. The Labute approximate surface area is 145 Å². The number of aryl methyl sites for hydroxylation is 2. The second kappa shape index (κ2) is 7.05. The van der Waals surface area contributed by atoms with E-state index < -0.39 is 5.54 Å². The van der Waals surface area contributed by atoms with Gasteiger partial charge in [-0.25, -0.2) is 0 Å². The minimum Gasteiger partial charge on any atom is -0.411 e. The molecule has 1 amide bonds. The van der Waals surface area contributed by atoms with E-state index in [1.807, 2.05) is 26.0 Å². The number of thioether (sulfide) groups is 1. The predicted octanol–water partition coefficient (Wildman–Crippen LogP) is 3.21. The first-order valence-corrected chi connectivity index (χ1v) is 8.44. The molecule has 6 nitrogen and oxygen atoms in total. The van der Waals surface area contributed by atoms with Gasteiger partial charge in [0.15, 0.2) is 0 Å². The van der Waals surface area contributed by atoms with Crippen molar-refractivity contribution in [1.82, 2.24) is 15.1 Å². The van der Waals surface area contributed by atoms with Gasteiger partial charge >= 0.3 is 0 Å². The molecule has 0 aliphatic heterocycles. The van der Waals surface area contributed by atoms with Gasteiger partial charge in [-0.15, -0.1) is 10.2 Å². The number of aromatic nitrogens is 2. The molecule has 0 N–H and O–H groups in total. The molecule has 126 valence electrons. The van der Waals surface area contributed by atoms with E-state index in [0.29, 0.717) is 11.1 Å². The molecule has 1 aromatic carbocycles. The van der Waals surface area contributed by atoms with Gasteiger partial charge in [0.05, 0.1) is 11.8 Å². The zero-order valence-electron chi connectivity index (χ0n) is 14.5. The van der Waals surface area contributed by atoms with Crippen LogP contribution in [0.15, 0.2) is 27.8 Å². The van der Waals surface area contributed by atoms with Crippen LogP contribution in [0, 0.1) is 25.2 Å². The lowest BCUT2D eigenvalue weighted by Gasteiger charge is -2.28. The average molecular weight is 344 g/mol. The highest BCUT2D eigenvalue weighted by atomic mass is 32.2. The standard InChI is InChI=1S/C17H20N4O2S/c1-11-6-12(2)8-13(7-11)15-19-20-16(23-15)24-9-14(22)21(5)17(3,4)10-18/h6-8H,9H2,1-5H3. The van der Waals surface area contributed by atoms with Gasteiger partial charge in [0.1, 0.15) is 5.54 Å². The average Bonchev–Trinajstić information content (AvgIpc) is 3.00. The largest absolute Gasteiger partial charge is 0.411 e. The van der Waals surface area contributed by atoms with Crippen LogP contribution in [0.4, 0.5) is 0 Å². The van der Waals surface area contributed by atoms with Crippen molar-refractivity contribution in [2.45, 2.75) is 38.5 Å². The van der Waals surface area contributed by atoms with Crippen molar-refractivity contribution in [2.75, 3.05) is 12.8 Å². The summed E-state index contributed by atoms with van der Waals surface area (Å²) in [6.45, 7) is 7.41. The van der Waals surface area contributed by atoms with Crippen molar-refractivity contribution in [3.63, 3.8) is 0 Å². The molecular formula is C17H20N4O2S. The quantitative estimate of drug-likeness (QED) is 0.775. The van der Waals surface area contributed by atoms with E-state index in [2.05, 4.69) is 22.3 Å². The zero-order valence-corrected chi connectivity index (χ0v) is 15.3. The maximum absolute atomic E-state index is 12.2. The lowest BCUT2D eigenvalue weighted by atomic mass is 10.1. The minimum absolute atomic E-state index is 0.135. The van der Waals surface area contributed by atoms with Crippen LogP contribution >= 0.6 is 11.8 Å². The molecule has 2 aromatic rings. The van der Waals surface area contributed by atoms with Crippen LogP contribution in [-0.4, -0.2) is 39.3 Å². The first-order valence-electron chi connectivity index (χ1n) is 7.46. The van der Waals surface area contributed by atoms with Gasteiger partial charge in [-0.1, -0.05) is 29.0 Å². The number of nitriles is 1. The molecule has 0 fully saturated rings. The molecule has 0 aliphatic carbocycles. The predicted molar refractivity (Wildman–Crippen MR) is 92.4 cm³/mol. The molecule has 0 unspecified atom stereocenters. The maximum atomic E-state index is 12.2. The maximum Gasteiger partial charge on any atom is 0.277 e. The SMILES string of the molecule is Cc1cc(C)cc(-c2nnc(SCC(=O)N(C)C(C)(C)C#N)o2)c1. The van der Waals surface area contributed by atoms with E-state index in [0.717, 1.165) is 16.7 Å². The fraction of sp³-hybridized carbons (Fsp3) is 0.412. The topological polar surface area (TPSA) is 83.0 Å². The molecule has 0 atom stereocenters. The van der Waals surface area contributed by atoms with Crippen LogP contribution in [0.5, 0.6) is 0 Å². The molecule has 0 aliphatic rings. The number of benzene rings is 1. The Hall–Kier alpha value is -2.33. The van der Waals surface area contributed by atoms with Gasteiger partial charge in [-0.05, 0) is 39.8 Å². The van der Waals surface area contributed by atoms with Crippen molar-refractivity contribution >= 4 is 17.7 Å². The summed E-state index contributed by atoms with van der Waals surface area (Å²) in [6, 6.07) is 8.12. The van der Waals surface area contributed by atoms with E-state index >= 15 is 0 Å². The molecule has 1 heterocycles. The van der Waals surface area contributed by atoms with Crippen LogP contribution < -0.4 is 0 Å². The highest BCUT2D eigenvalue weighted by Gasteiger charge is 2.27. The number of hydrogen-bond acceptors (Lipinski definition) is 6. The second-order valence-electron chi connectivity index (χ2n) is 6.16. The Bertz CT molecular complexity index is 772. The monoisotopic (exact) mass is 344 g/mol. The third-order valence-electron chi connectivity index (χ3n) is 3.68. The molecule has 2 rings (SSSR count). The molecule has 24 heavy (non-hydrogen) atoms. The summed E-state index contributed by atoms with van der Waals surface area (Å²) in [4.78, 5) is 13.6. The Morgan fingerprint density at radius 1 is 1.29 bits per heavy atom. The molecule has 0 spiro atoms. The van der Waals surface area contributed by atoms with Crippen molar-refractivity contribution in [3.8, 4) is 17.5 Å². The van der Waals surface area contributed by atoms with Crippen molar-refractivity contribution in [3.05, 3.63) is 29.3 Å².